The van der Waals surface area contributed by atoms with Crippen LogP contribution in [0.5, 0.6) is 0 Å². The zero-order valence-corrected chi connectivity index (χ0v) is 14.7. The van der Waals surface area contributed by atoms with Gasteiger partial charge in [-0.3, -0.25) is 0 Å². The van der Waals surface area contributed by atoms with Gasteiger partial charge in [-0.2, -0.15) is 0 Å². The van der Waals surface area contributed by atoms with Crippen molar-refractivity contribution in [1.82, 2.24) is 0 Å². The van der Waals surface area contributed by atoms with Gasteiger partial charge >= 0.3 is 0 Å². The van der Waals surface area contributed by atoms with Gasteiger partial charge in [0.25, 0.3) is 0 Å². The number of aliphatic hydroxyl groups is 1. The molecule has 0 saturated carbocycles. The van der Waals surface area contributed by atoms with E-state index in [4.69, 9.17) is 23.7 Å². The van der Waals surface area contributed by atoms with Crippen LogP contribution < -0.4 is 0 Å². The summed E-state index contributed by atoms with van der Waals surface area (Å²) in [5.41, 5.74) is 1.05. The first-order valence-electron chi connectivity index (χ1n) is 8.54. The number of rotatable bonds is 8. The van der Waals surface area contributed by atoms with Crippen molar-refractivity contribution in [3.63, 3.8) is 0 Å². The van der Waals surface area contributed by atoms with E-state index in [1.165, 1.54) is 0 Å². The Kier molecular flexibility index (Phi) is 5.89. The van der Waals surface area contributed by atoms with E-state index in [-0.39, 0.29) is 12.7 Å². The van der Waals surface area contributed by atoms with E-state index in [0.717, 1.165) is 5.56 Å². The van der Waals surface area contributed by atoms with Crippen LogP contribution in [0.4, 0.5) is 0 Å². The molecular weight excluding hydrogens is 324 g/mol. The lowest BCUT2D eigenvalue weighted by Crippen LogP contribution is -2.45. The van der Waals surface area contributed by atoms with Gasteiger partial charge in [-0.1, -0.05) is 36.4 Å². The molecule has 0 spiro atoms. The highest BCUT2D eigenvalue weighted by molar-refractivity contribution is 5.13. The van der Waals surface area contributed by atoms with Gasteiger partial charge in [0, 0.05) is 0 Å². The molecule has 6 nitrogen and oxygen atoms in total. The maximum absolute atomic E-state index is 9.71. The first kappa shape index (κ1) is 18.5. The molecule has 2 aliphatic rings. The van der Waals surface area contributed by atoms with Crippen LogP contribution in [0.2, 0.25) is 0 Å². The SMILES string of the molecule is C=CCO[C@H](CO)[C@H]1O[C@@H]2OC(C)(C)O[C@@H]2[C@H]1OCc1ccccc1. The molecule has 0 unspecified atom stereocenters. The molecule has 0 aliphatic carbocycles. The van der Waals surface area contributed by atoms with Crippen LogP contribution in [0, 0.1) is 0 Å². The number of hydrogen-bond donors (Lipinski definition) is 1. The summed E-state index contributed by atoms with van der Waals surface area (Å²) in [6, 6.07) is 9.88. The highest BCUT2D eigenvalue weighted by atomic mass is 16.8. The second-order valence-corrected chi connectivity index (χ2v) is 6.67. The Bertz CT molecular complexity index is 560. The summed E-state index contributed by atoms with van der Waals surface area (Å²) >= 11 is 0. The van der Waals surface area contributed by atoms with E-state index in [1.807, 2.05) is 44.2 Å². The van der Waals surface area contributed by atoms with Crippen LogP contribution in [-0.4, -0.2) is 54.8 Å². The highest BCUT2D eigenvalue weighted by Gasteiger charge is 2.57. The number of hydrogen-bond acceptors (Lipinski definition) is 6. The minimum Gasteiger partial charge on any atom is -0.394 e. The molecule has 2 saturated heterocycles. The van der Waals surface area contributed by atoms with Gasteiger partial charge in [-0.15, -0.1) is 6.58 Å². The van der Waals surface area contributed by atoms with Gasteiger partial charge in [-0.05, 0) is 19.4 Å². The normalized spacial score (nSPS) is 31.6. The average molecular weight is 350 g/mol. The predicted octanol–water partition coefficient (Wildman–Crippen LogP) is 2.01. The summed E-state index contributed by atoms with van der Waals surface area (Å²) in [5, 5.41) is 9.71. The maximum atomic E-state index is 9.71. The molecule has 1 aromatic rings. The Morgan fingerprint density at radius 2 is 2.04 bits per heavy atom. The summed E-state index contributed by atoms with van der Waals surface area (Å²) in [6.07, 6.45) is -0.713. The van der Waals surface area contributed by atoms with Crippen LogP contribution in [0.15, 0.2) is 43.0 Å². The monoisotopic (exact) mass is 350 g/mol. The van der Waals surface area contributed by atoms with Gasteiger partial charge in [0.05, 0.1) is 19.8 Å². The fourth-order valence-corrected chi connectivity index (χ4v) is 3.20. The molecule has 0 aromatic heterocycles. The molecule has 138 valence electrons. The lowest BCUT2D eigenvalue weighted by atomic mass is 10.1. The number of benzene rings is 1. The predicted molar refractivity (Wildman–Crippen MR) is 90.7 cm³/mol. The Labute approximate surface area is 148 Å². The lowest BCUT2D eigenvalue weighted by molar-refractivity contribution is -0.235. The number of ether oxygens (including phenoxy) is 5. The van der Waals surface area contributed by atoms with Crippen molar-refractivity contribution in [2.24, 2.45) is 0 Å². The maximum Gasteiger partial charge on any atom is 0.190 e. The Morgan fingerprint density at radius 1 is 1.28 bits per heavy atom. The third-order valence-electron chi connectivity index (χ3n) is 4.29. The quantitative estimate of drug-likeness (QED) is 0.724. The molecule has 0 amide bonds. The van der Waals surface area contributed by atoms with E-state index in [0.29, 0.717) is 13.2 Å². The van der Waals surface area contributed by atoms with Crippen LogP contribution >= 0.6 is 0 Å². The molecule has 1 N–H and O–H groups in total. The second-order valence-electron chi connectivity index (χ2n) is 6.67. The highest BCUT2D eigenvalue weighted by Crippen LogP contribution is 2.40. The number of fused-ring (bicyclic) bond motifs is 1. The fourth-order valence-electron chi connectivity index (χ4n) is 3.20. The molecule has 2 heterocycles. The first-order chi connectivity index (χ1) is 12.0. The molecule has 2 aliphatic heterocycles. The summed E-state index contributed by atoms with van der Waals surface area (Å²) in [4.78, 5) is 0. The Hall–Kier alpha value is -1.28. The lowest BCUT2D eigenvalue weighted by Gasteiger charge is -2.30. The van der Waals surface area contributed by atoms with Gasteiger partial charge in [0.1, 0.15) is 24.4 Å². The van der Waals surface area contributed by atoms with Crippen molar-refractivity contribution in [1.29, 1.82) is 0 Å². The minimum absolute atomic E-state index is 0.188. The summed E-state index contributed by atoms with van der Waals surface area (Å²) in [5.74, 6) is -0.731. The Morgan fingerprint density at radius 3 is 2.72 bits per heavy atom. The standard InChI is InChI=1S/C19H26O6/c1-4-10-21-14(11-20)15-16(22-12-13-8-6-5-7-9-13)17-18(23-15)25-19(2,3)24-17/h4-9,14-18,20H,1,10-12H2,2-3H3/t14-,15-,16+,17-,18-/m1/s1. The molecule has 1 aromatic carbocycles. The molecule has 6 heteroatoms. The zero-order chi connectivity index (χ0) is 17.9. The third kappa shape index (κ3) is 4.28. The van der Waals surface area contributed by atoms with E-state index in [1.54, 1.807) is 6.08 Å². The topological polar surface area (TPSA) is 66.4 Å². The second kappa shape index (κ2) is 7.95. The Balaban J connectivity index is 1.73. The third-order valence-corrected chi connectivity index (χ3v) is 4.29. The van der Waals surface area contributed by atoms with Crippen molar-refractivity contribution in [2.75, 3.05) is 13.2 Å². The van der Waals surface area contributed by atoms with Crippen LogP contribution in [-0.2, 0) is 30.3 Å². The van der Waals surface area contributed by atoms with Crippen LogP contribution in [0.3, 0.4) is 0 Å². The van der Waals surface area contributed by atoms with Gasteiger partial charge in [-0.25, -0.2) is 0 Å². The van der Waals surface area contributed by atoms with E-state index in [9.17, 15) is 5.11 Å². The average Bonchev–Trinajstić information content (AvgIpc) is 3.06. The van der Waals surface area contributed by atoms with E-state index < -0.39 is 30.4 Å². The molecule has 25 heavy (non-hydrogen) atoms. The molecule has 5 atom stereocenters. The van der Waals surface area contributed by atoms with Gasteiger partial charge in [0.2, 0.25) is 0 Å². The van der Waals surface area contributed by atoms with Crippen molar-refractivity contribution < 1.29 is 28.8 Å². The van der Waals surface area contributed by atoms with Crippen LogP contribution in [0.1, 0.15) is 19.4 Å². The molecule has 2 fully saturated rings. The summed E-state index contributed by atoms with van der Waals surface area (Å²) in [7, 11) is 0. The molecular formula is C19H26O6. The number of aliphatic hydroxyl groups excluding tert-OH is 1. The molecule has 0 bridgehead atoms. The van der Waals surface area contributed by atoms with Crippen molar-refractivity contribution in [3.8, 4) is 0 Å². The summed E-state index contributed by atoms with van der Waals surface area (Å²) in [6.45, 7) is 7.87. The summed E-state index contributed by atoms with van der Waals surface area (Å²) < 4.78 is 29.5. The van der Waals surface area contributed by atoms with Crippen molar-refractivity contribution in [3.05, 3.63) is 48.6 Å². The fraction of sp³-hybridized carbons (Fsp3) is 0.579. The first-order valence-corrected chi connectivity index (χ1v) is 8.54. The van der Waals surface area contributed by atoms with E-state index in [2.05, 4.69) is 6.58 Å². The van der Waals surface area contributed by atoms with E-state index >= 15 is 0 Å². The van der Waals surface area contributed by atoms with Crippen molar-refractivity contribution >= 4 is 0 Å². The smallest absolute Gasteiger partial charge is 0.190 e. The van der Waals surface area contributed by atoms with Crippen molar-refractivity contribution in [2.45, 2.75) is 56.9 Å². The molecule has 0 radical (unpaired) electrons. The van der Waals surface area contributed by atoms with Gasteiger partial charge in [0.15, 0.2) is 12.1 Å². The zero-order valence-electron chi connectivity index (χ0n) is 14.7. The molecule has 3 rings (SSSR count). The van der Waals surface area contributed by atoms with Gasteiger partial charge < -0.3 is 28.8 Å². The largest absolute Gasteiger partial charge is 0.394 e. The minimum atomic E-state index is -0.731. The van der Waals surface area contributed by atoms with Crippen LogP contribution in [0.25, 0.3) is 0 Å².